The first-order chi connectivity index (χ1) is 14.1. The molecule has 5 fully saturated rings. The Morgan fingerprint density at radius 2 is 1.52 bits per heavy atom. The zero-order chi connectivity index (χ0) is 19.8. The predicted octanol–water partition coefficient (Wildman–Crippen LogP) is 3.53. The second-order valence-electron chi connectivity index (χ2n) is 10.6. The highest BCUT2D eigenvalue weighted by Crippen LogP contribution is 2.60. The molecule has 1 aromatic carbocycles. The summed E-state index contributed by atoms with van der Waals surface area (Å²) in [6.07, 6.45) is 7.68. The topological polar surface area (TPSA) is 35.6 Å². The number of benzene rings is 1. The Labute approximate surface area is 176 Å². The molecule has 1 aliphatic heterocycles. The lowest BCUT2D eigenvalue weighted by atomic mass is 9.49. The largest absolute Gasteiger partial charge is 0.352 e. The summed E-state index contributed by atoms with van der Waals surface area (Å²) < 4.78 is 0. The number of hydrogen-bond acceptors (Lipinski definition) is 3. The van der Waals surface area contributed by atoms with Crippen molar-refractivity contribution in [3.8, 4) is 0 Å². The second-order valence-corrected chi connectivity index (χ2v) is 10.6. The number of nitrogens with one attached hydrogen (secondary N) is 1. The summed E-state index contributed by atoms with van der Waals surface area (Å²) in [5, 5.41) is 3.44. The summed E-state index contributed by atoms with van der Waals surface area (Å²) in [6, 6.07) is 11.0. The van der Waals surface area contributed by atoms with E-state index in [4.69, 9.17) is 0 Å². The lowest BCUT2D eigenvalue weighted by Gasteiger charge is -2.55. The minimum absolute atomic E-state index is 0.0165. The molecule has 1 saturated heterocycles. The normalized spacial score (nSPS) is 35.6. The minimum atomic E-state index is -0.0165. The molecular formula is C25H37N3O. The zero-order valence-corrected chi connectivity index (χ0v) is 18.0. The highest BCUT2D eigenvalue weighted by Gasteiger charge is 2.54. The summed E-state index contributed by atoms with van der Waals surface area (Å²) in [4.78, 5) is 18.3. The third kappa shape index (κ3) is 4.25. The average Bonchev–Trinajstić information content (AvgIpc) is 2.69. The highest BCUT2D eigenvalue weighted by atomic mass is 16.2. The molecule has 29 heavy (non-hydrogen) atoms. The molecule has 6 rings (SSSR count). The number of carbonyl (C=O) groups is 1. The average molecular weight is 396 g/mol. The van der Waals surface area contributed by atoms with E-state index < -0.39 is 0 Å². The Bertz CT molecular complexity index is 675. The lowest BCUT2D eigenvalue weighted by molar-refractivity contribution is -0.147. The lowest BCUT2D eigenvalue weighted by Crippen LogP contribution is -2.56. The van der Waals surface area contributed by atoms with E-state index in [-0.39, 0.29) is 11.5 Å². The summed E-state index contributed by atoms with van der Waals surface area (Å²) in [5.41, 5.74) is 1.38. The number of amides is 1. The van der Waals surface area contributed by atoms with Gasteiger partial charge in [-0.05, 0) is 68.8 Å². The maximum Gasteiger partial charge on any atom is 0.226 e. The molecular weight excluding hydrogens is 358 g/mol. The molecule has 4 nitrogen and oxygen atoms in total. The van der Waals surface area contributed by atoms with Crippen molar-refractivity contribution >= 4 is 5.91 Å². The van der Waals surface area contributed by atoms with Crippen molar-refractivity contribution < 1.29 is 4.79 Å². The Hall–Kier alpha value is -1.39. The zero-order valence-electron chi connectivity index (χ0n) is 18.0. The molecule has 4 aliphatic carbocycles. The second kappa shape index (κ2) is 8.03. The summed E-state index contributed by atoms with van der Waals surface area (Å²) in [7, 11) is 0. The van der Waals surface area contributed by atoms with Gasteiger partial charge in [0, 0.05) is 50.7 Å². The molecule has 5 aliphatic rings. The van der Waals surface area contributed by atoms with Crippen LogP contribution in [-0.2, 0) is 11.3 Å². The standard InChI is InChI=1S/C25H37N3O/c1-19(17-27-7-9-28(10-8-27)18-20-5-3-2-4-6-20)26-24(29)25-14-21-11-22(15-25)13-23(12-21)16-25/h2-6,19,21-23H,7-18H2,1H3,(H,26,29)/t19-,21?,22?,23?,25?/m1/s1. The van der Waals surface area contributed by atoms with E-state index >= 15 is 0 Å². The van der Waals surface area contributed by atoms with E-state index in [9.17, 15) is 4.79 Å². The van der Waals surface area contributed by atoms with Crippen molar-refractivity contribution in [3.05, 3.63) is 35.9 Å². The number of carbonyl (C=O) groups excluding carboxylic acids is 1. The molecule has 1 amide bonds. The van der Waals surface area contributed by atoms with Crippen LogP contribution in [0.1, 0.15) is 51.0 Å². The predicted molar refractivity (Wildman–Crippen MR) is 116 cm³/mol. The Kier molecular flexibility index (Phi) is 5.42. The molecule has 158 valence electrons. The molecule has 1 N–H and O–H groups in total. The van der Waals surface area contributed by atoms with Crippen molar-refractivity contribution in [3.63, 3.8) is 0 Å². The quantitative estimate of drug-likeness (QED) is 0.800. The Morgan fingerprint density at radius 1 is 0.966 bits per heavy atom. The number of nitrogens with zero attached hydrogens (tertiary/aromatic N) is 2. The van der Waals surface area contributed by atoms with Gasteiger partial charge in [0.15, 0.2) is 0 Å². The fourth-order valence-corrected chi connectivity index (χ4v) is 7.17. The number of hydrogen-bond donors (Lipinski definition) is 1. The maximum absolute atomic E-state index is 13.3. The molecule has 1 aromatic rings. The van der Waals surface area contributed by atoms with Gasteiger partial charge in [0.05, 0.1) is 0 Å². The van der Waals surface area contributed by atoms with Crippen LogP contribution in [0.15, 0.2) is 30.3 Å². The van der Waals surface area contributed by atoms with Gasteiger partial charge in [0.25, 0.3) is 0 Å². The molecule has 4 heteroatoms. The van der Waals surface area contributed by atoms with Crippen molar-refractivity contribution in [2.24, 2.45) is 23.2 Å². The van der Waals surface area contributed by atoms with Crippen LogP contribution in [0.4, 0.5) is 0 Å². The van der Waals surface area contributed by atoms with Crippen LogP contribution in [-0.4, -0.2) is 54.5 Å². The molecule has 0 radical (unpaired) electrons. The van der Waals surface area contributed by atoms with E-state index in [1.54, 1.807) is 0 Å². The SMILES string of the molecule is C[C@H](CN1CCN(Cc2ccccc2)CC1)NC(=O)C12CC3CC(CC(C3)C1)C2. The molecule has 0 unspecified atom stereocenters. The molecule has 1 atom stereocenters. The van der Waals surface area contributed by atoms with Gasteiger partial charge < -0.3 is 5.32 Å². The van der Waals surface area contributed by atoms with Crippen LogP contribution in [0.5, 0.6) is 0 Å². The molecule has 4 bridgehead atoms. The monoisotopic (exact) mass is 395 g/mol. The van der Waals surface area contributed by atoms with E-state index in [1.165, 1.54) is 24.8 Å². The van der Waals surface area contributed by atoms with E-state index in [0.717, 1.165) is 76.3 Å². The summed E-state index contributed by atoms with van der Waals surface area (Å²) in [5.74, 6) is 2.88. The first-order valence-corrected chi connectivity index (χ1v) is 11.9. The number of rotatable bonds is 6. The van der Waals surface area contributed by atoms with Crippen LogP contribution >= 0.6 is 0 Å². The first-order valence-electron chi connectivity index (χ1n) is 11.9. The van der Waals surface area contributed by atoms with Gasteiger partial charge in [-0.25, -0.2) is 0 Å². The highest BCUT2D eigenvalue weighted by molar-refractivity contribution is 5.83. The van der Waals surface area contributed by atoms with Gasteiger partial charge in [-0.1, -0.05) is 30.3 Å². The fraction of sp³-hybridized carbons (Fsp3) is 0.720. The van der Waals surface area contributed by atoms with Crippen LogP contribution in [0.25, 0.3) is 0 Å². The summed E-state index contributed by atoms with van der Waals surface area (Å²) >= 11 is 0. The van der Waals surface area contributed by atoms with Gasteiger partial charge in [-0.15, -0.1) is 0 Å². The third-order valence-electron chi connectivity index (χ3n) is 8.14. The van der Waals surface area contributed by atoms with Crippen molar-refractivity contribution in [2.75, 3.05) is 32.7 Å². The van der Waals surface area contributed by atoms with Gasteiger partial charge in [0.1, 0.15) is 0 Å². The first kappa shape index (κ1) is 19.6. The smallest absolute Gasteiger partial charge is 0.226 e. The van der Waals surface area contributed by atoms with Crippen molar-refractivity contribution in [1.29, 1.82) is 0 Å². The van der Waals surface area contributed by atoms with Gasteiger partial charge in [-0.2, -0.15) is 0 Å². The van der Waals surface area contributed by atoms with Crippen LogP contribution < -0.4 is 5.32 Å². The number of piperazine rings is 1. The maximum atomic E-state index is 13.3. The van der Waals surface area contributed by atoms with Crippen LogP contribution in [0.2, 0.25) is 0 Å². The van der Waals surface area contributed by atoms with Gasteiger partial charge in [0.2, 0.25) is 5.91 Å². The van der Waals surface area contributed by atoms with Crippen molar-refractivity contribution in [2.45, 2.75) is 58.0 Å². The third-order valence-corrected chi connectivity index (χ3v) is 8.14. The van der Waals surface area contributed by atoms with E-state index in [1.807, 2.05) is 0 Å². The molecule has 1 heterocycles. The van der Waals surface area contributed by atoms with Crippen molar-refractivity contribution in [1.82, 2.24) is 15.1 Å². The Balaban J connectivity index is 1.09. The van der Waals surface area contributed by atoms with E-state index in [0.29, 0.717) is 5.91 Å². The molecule has 0 spiro atoms. The fourth-order valence-electron chi connectivity index (χ4n) is 7.17. The van der Waals surface area contributed by atoms with Crippen LogP contribution in [0, 0.1) is 23.2 Å². The Morgan fingerprint density at radius 3 is 2.10 bits per heavy atom. The van der Waals surface area contributed by atoms with Crippen LogP contribution in [0.3, 0.4) is 0 Å². The van der Waals surface area contributed by atoms with Gasteiger partial charge in [-0.3, -0.25) is 14.6 Å². The molecule has 0 aromatic heterocycles. The minimum Gasteiger partial charge on any atom is -0.352 e. The molecule has 4 saturated carbocycles. The van der Waals surface area contributed by atoms with Gasteiger partial charge >= 0.3 is 0 Å². The van der Waals surface area contributed by atoms with E-state index in [2.05, 4.69) is 52.4 Å². The summed E-state index contributed by atoms with van der Waals surface area (Å²) in [6.45, 7) is 8.67.